The van der Waals surface area contributed by atoms with Gasteiger partial charge in [0.1, 0.15) is 0 Å². The molecule has 2 N–H and O–H groups in total. The summed E-state index contributed by atoms with van der Waals surface area (Å²) in [6, 6.07) is 0. The number of carboxylic acids is 1. The van der Waals surface area contributed by atoms with Crippen molar-refractivity contribution >= 4 is 65.4 Å². The minimum atomic E-state index is -4.96. The van der Waals surface area contributed by atoms with Crippen LogP contribution in [0.3, 0.4) is 0 Å². The molecule has 0 aliphatic heterocycles. The molecule has 0 aliphatic carbocycles. The number of hydrogen-bond donors (Lipinski definition) is 2. The normalized spacial score (nSPS) is 12.3. The molecule has 0 saturated heterocycles. The Hall–Kier alpha value is 0.450. The topological polar surface area (TPSA) is 126 Å². The van der Waals surface area contributed by atoms with Crippen LogP contribution in [-0.2, 0) is 21.1 Å². The van der Waals surface area contributed by atoms with Crippen LogP contribution in [-0.4, -0.2) is 53.6 Å². The molecule has 0 unspecified atom stereocenters. The molecule has 0 rings (SSSR count). The fraction of sp³-hybridized carbons (Fsp3) is 0. The summed E-state index contributed by atoms with van der Waals surface area (Å²) in [5.41, 5.74) is 0. The van der Waals surface area contributed by atoms with Crippen molar-refractivity contribution in [3.8, 4) is 0 Å². The molecule has 0 spiro atoms. The van der Waals surface area contributed by atoms with E-state index in [0.29, 0.717) is 0 Å². The minimum absolute atomic E-state index is 0. The molecule has 0 aromatic carbocycles. The summed E-state index contributed by atoms with van der Waals surface area (Å²) in [6.07, 6.45) is 0. The molecule has 7 nitrogen and oxygen atoms in total. The summed E-state index contributed by atoms with van der Waals surface area (Å²) in [7, 11) is -4.96. The Kier molecular flexibility index (Phi) is 7.38. The van der Waals surface area contributed by atoms with Crippen molar-refractivity contribution in [2.45, 2.75) is 0 Å². The molecule has 0 aliphatic rings. The number of carbonyl (C=O) groups is 1. The van der Waals surface area contributed by atoms with E-state index in [0.717, 1.165) is 0 Å². The van der Waals surface area contributed by atoms with Gasteiger partial charge in [0, 0.05) is 0 Å². The SMILES string of the molecule is O=C(O)/C(=C\I(=O)=O)S(=O)(=O)O.[NaH]. The Morgan fingerprint density at radius 3 is 1.77 bits per heavy atom. The van der Waals surface area contributed by atoms with E-state index in [1.165, 1.54) is 0 Å². The molecule has 0 bridgehead atoms. The third-order valence-corrected chi connectivity index (χ3v) is 3.08. The van der Waals surface area contributed by atoms with Crippen molar-refractivity contribution in [2.75, 3.05) is 0 Å². The van der Waals surface area contributed by atoms with Crippen LogP contribution >= 0.6 is 19.8 Å². The van der Waals surface area contributed by atoms with Gasteiger partial charge in [-0.3, -0.25) is 4.55 Å². The molecule has 0 heterocycles. The molecule has 10 heteroatoms. The van der Waals surface area contributed by atoms with E-state index in [2.05, 4.69) is 0 Å². The van der Waals surface area contributed by atoms with E-state index < -0.39 is 40.8 Å². The summed E-state index contributed by atoms with van der Waals surface area (Å²) in [5.74, 6) is -2.01. The first-order valence-corrected chi connectivity index (χ1v) is 6.66. The Balaban J connectivity index is 0. The van der Waals surface area contributed by atoms with Gasteiger partial charge < -0.3 is 5.11 Å². The number of carboxylic acid groups (broad SMARTS) is 1. The van der Waals surface area contributed by atoms with E-state index in [4.69, 9.17) is 9.66 Å². The Labute approximate surface area is 102 Å². The van der Waals surface area contributed by atoms with Crippen molar-refractivity contribution in [3.05, 3.63) is 8.99 Å². The van der Waals surface area contributed by atoms with Gasteiger partial charge in [-0.15, -0.1) is 0 Å². The molecule has 13 heavy (non-hydrogen) atoms. The molecule has 0 aromatic heterocycles. The maximum absolute atomic E-state index is 10.2. The van der Waals surface area contributed by atoms with Crippen molar-refractivity contribution < 1.29 is 29.0 Å². The number of halogens is 1. The monoisotopic (exact) mass is 334 g/mol. The van der Waals surface area contributed by atoms with Crippen molar-refractivity contribution in [3.63, 3.8) is 0 Å². The predicted octanol–water partition coefficient (Wildman–Crippen LogP) is -0.651. The number of rotatable bonds is 3. The van der Waals surface area contributed by atoms with E-state index in [1.54, 1.807) is 0 Å². The summed E-state index contributed by atoms with van der Waals surface area (Å²) in [4.78, 5) is 8.49. The van der Waals surface area contributed by atoms with Gasteiger partial charge >= 0.3 is 65.4 Å². The first-order valence-electron chi connectivity index (χ1n) is 2.21. The quantitative estimate of drug-likeness (QED) is 0.304. The second-order valence-electron chi connectivity index (χ2n) is 1.49. The molecule has 0 saturated carbocycles. The van der Waals surface area contributed by atoms with Gasteiger partial charge in [0.05, 0.1) is 4.08 Å². The fourth-order valence-electron chi connectivity index (χ4n) is 0.294. The average molecular weight is 334 g/mol. The molecular formula is C3H4INaO7S. The van der Waals surface area contributed by atoms with Crippen molar-refractivity contribution in [1.29, 1.82) is 0 Å². The van der Waals surface area contributed by atoms with Gasteiger partial charge in [-0.1, -0.05) is 0 Å². The third-order valence-electron chi connectivity index (χ3n) is 0.677. The molecule has 72 valence electrons. The van der Waals surface area contributed by atoms with Crippen LogP contribution in [0.2, 0.25) is 0 Å². The zero-order chi connectivity index (χ0) is 9.94. The standard InChI is InChI=1S/C3H3IO7S.Na.H/c5-3(6)2(1-4(7)8)12(9,10)11;;/h1H,(H,5,6)(H,9,10,11);;/b2-1+;;. The molecule has 0 radical (unpaired) electrons. The van der Waals surface area contributed by atoms with Crippen LogP contribution in [0.25, 0.3) is 0 Å². The third kappa shape index (κ3) is 6.51. The Morgan fingerprint density at radius 2 is 1.69 bits per heavy atom. The summed E-state index contributed by atoms with van der Waals surface area (Å²) in [6.45, 7) is 0. The van der Waals surface area contributed by atoms with Crippen LogP contribution in [0.4, 0.5) is 0 Å². The zero-order valence-electron chi connectivity index (χ0n) is 5.30. The molecule has 0 aromatic rings. The molecule has 0 atom stereocenters. The summed E-state index contributed by atoms with van der Waals surface area (Å²) in [5, 5.41) is 8.10. The summed E-state index contributed by atoms with van der Waals surface area (Å²) >= 11 is -4.12. The van der Waals surface area contributed by atoms with E-state index in [1.807, 2.05) is 0 Å². The van der Waals surface area contributed by atoms with Crippen LogP contribution in [0.15, 0.2) is 8.99 Å². The Morgan fingerprint density at radius 1 is 1.31 bits per heavy atom. The zero-order valence-corrected chi connectivity index (χ0v) is 8.27. The van der Waals surface area contributed by atoms with Crippen molar-refractivity contribution in [2.24, 2.45) is 0 Å². The van der Waals surface area contributed by atoms with Gasteiger partial charge in [0.2, 0.25) is 0 Å². The van der Waals surface area contributed by atoms with Crippen molar-refractivity contribution in [1.82, 2.24) is 0 Å². The predicted molar refractivity (Wildman–Crippen MR) is 49.8 cm³/mol. The number of hydrogen-bond acceptors (Lipinski definition) is 5. The first kappa shape index (κ1) is 15.9. The van der Waals surface area contributed by atoms with Gasteiger partial charge in [-0.2, -0.15) is 8.42 Å². The average Bonchev–Trinajstić information content (AvgIpc) is 1.79. The van der Waals surface area contributed by atoms with E-state index in [-0.39, 0.29) is 33.6 Å². The first-order chi connectivity index (χ1) is 5.25. The summed E-state index contributed by atoms with van der Waals surface area (Å²) < 4.78 is 48.5. The van der Waals surface area contributed by atoms with Crippen LogP contribution < -0.4 is 0 Å². The Bertz CT molecular complexity index is 382. The van der Waals surface area contributed by atoms with Gasteiger partial charge in [0.15, 0.2) is 4.91 Å². The molecule has 0 amide bonds. The maximum atomic E-state index is 10.2. The fourth-order valence-corrected chi connectivity index (χ4v) is 2.81. The van der Waals surface area contributed by atoms with Gasteiger partial charge in [-0.05, 0) is 0 Å². The molecular weight excluding hydrogens is 330 g/mol. The van der Waals surface area contributed by atoms with E-state index >= 15 is 0 Å². The van der Waals surface area contributed by atoms with Gasteiger partial charge in [-0.25, -0.2) is 10.9 Å². The second kappa shape index (κ2) is 6.03. The van der Waals surface area contributed by atoms with Crippen LogP contribution in [0.5, 0.6) is 0 Å². The second-order valence-corrected chi connectivity index (χ2v) is 4.88. The van der Waals surface area contributed by atoms with Crippen LogP contribution in [0, 0.1) is 0 Å². The number of aliphatic carboxylic acids is 1. The van der Waals surface area contributed by atoms with E-state index in [9.17, 15) is 19.4 Å². The van der Waals surface area contributed by atoms with Crippen LogP contribution in [0.1, 0.15) is 0 Å². The van der Waals surface area contributed by atoms with Gasteiger partial charge in [0.25, 0.3) is 0 Å². The molecule has 0 fully saturated rings.